The Bertz CT molecular complexity index is 983. The molecule has 2 aromatic carbocycles. The van der Waals surface area contributed by atoms with Crippen LogP contribution in [-0.2, 0) is 26.2 Å². The van der Waals surface area contributed by atoms with E-state index in [9.17, 15) is 18.0 Å². The highest BCUT2D eigenvalue weighted by molar-refractivity contribution is 7.89. The molecule has 0 saturated heterocycles. The minimum Gasteiger partial charge on any atom is -0.493 e. The first-order valence-corrected chi connectivity index (χ1v) is 10.5. The number of benzene rings is 2. The summed E-state index contributed by atoms with van der Waals surface area (Å²) in [5.74, 6) is -0.325. The van der Waals surface area contributed by atoms with E-state index in [1.807, 2.05) is 13.8 Å². The molecule has 7 nitrogen and oxygen atoms in total. The predicted octanol–water partition coefficient (Wildman–Crippen LogP) is 2.96. The van der Waals surface area contributed by atoms with Crippen LogP contribution in [0.5, 0.6) is 5.75 Å². The Morgan fingerprint density at radius 3 is 2.31 bits per heavy atom. The van der Waals surface area contributed by atoms with Crippen LogP contribution >= 0.6 is 0 Å². The summed E-state index contributed by atoms with van der Waals surface area (Å²) in [6.45, 7) is 4.96. The Morgan fingerprint density at radius 1 is 1.07 bits per heavy atom. The maximum absolute atomic E-state index is 12.6. The third-order valence-electron chi connectivity index (χ3n) is 4.24. The van der Waals surface area contributed by atoms with Gasteiger partial charge in [-0.05, 0) is 51.1 Å². The summed E-state index contributed by atoms with van der Waals surface area (Å²) in [4.78, 5) is 23.9. The average Bonchev–Trinajstić information content (AvgIpc) is 2.67. The molecule has 0 N–H and O–H groups in total. The molecule has 0 aliphatic heterocycles. The summed E-state index contributed by atoms with van der Waals surface area (Å²) in [7, 11) is -2.49. The van der Waals surface area contributed by atoms with Gasteiger partial charge in [-0.3, -0.25) is 9.59 Å². The maximum atomic E-state index is 12.6. The summed E-state index contributed by atoms with van der Waals surface area (Å²) in [6.07, 6.45) is 0. The summed E-state index contributed by atoms with van der Waals surface area (Å²) in [5.41, 5.74) is 1.94. The van der Waals surface area contributed by atoms with Crippen molar-refractivity contribution in [1.29, 1.82) is 0 Å². The number of likely N-dealkylation sites (N-methyl/N-ethyl adjacent to an activating group) is 1. The standard InChI is InChI=1S/C21H25NO6S/c1-5-27-20-11-8-17(16(3)23)12-18(20)14-28-21(24)13-22(4)29(25,26)19-9-6-15(2)7-10-19/h6-12H,5,13-14H2,1-4H3. The number of carbonyl (C=O) groups excluding carboxylic acids is 2. The fourth-order valence-electron chi connectivity index (χ4n) is 2.57. The number of ketones is 1. The lowest BCUT2D eigenvalue weighted by Gasteiger charge is -2.17. The van der Waals surface area contributed by atoms with Gasteiger partial charge >= 0.3 is 5.97 Å². The van der Waals surface area contributed by atoms with Gasteiger partial charge in [0.15, 0.2) is 5.78 Å². The third kappa shape index (κ3) is 5.88. The molecule has 0 bridgehead atoms. The van der Waals surface area contributed by atoms with Crippen molar-refractivity contribution >= 4 is 21.8 Å². The molecular weight excluding hydrogens is 394 g/mol. The molecule has 0 radical (unpaired) electrons. The number of hydrogen-bond donors (Lipinski definition) is 0. The average molecular weight is 419 g/mol. The third-order valence-corrected chi connectivity index (χ3v) is 6.05. The van der Waals surface area contributed by atoms with Crippen LogP contribution in [0.2, 0.25) is 0 Å². The summed E-state index contributed by atoms with van der Waals surface area (Å²) in [5, 5.41) is 0. The molecular formula is C21H25NO6S. The minimum absolute atomic E-state index is 0.103. The molecule has 0 atom stereocenters. The number of carbonyl (C=O) groups is 2. The van der Waals surface area contributed by atoms with E-state index in [2.05, 4.69) is 0 Å². The number of rotatable bonds is 9. The number of nitrogens with zero attached hydrogens (tertiary/aromatic N) is 1. The fraction of sp³-hybridized carbons (Fsp3) is 0.333. The van der Waals surface area contributed by atoms with Crippen LogP contribution in [0.25, 0.3) is 0 Å². The van der Waals surface area contributed by atoms with E-state index < -0.39 is 22.5 Å². The van der Waals surface area contributed by atoms with E-state index in [4.69, 9.17) is 9.47 Å². The van der Waals surface area contributed by atoms with E-state index in [1.165, 1.54) is 26.1 Å². The molecule has 0 saturated carbocycles. The van der Waals surface area contributed by atoms with Crippen molar-refractivity contribution in [2.24, 2.45) is 0 Å². The molecule has 0 fully saturated rings. The zero-order chi connectivity index (χ0) is 21.6. The number of Topliss-reactive ketones (excluding diaryl/α,β-unsaturated/α-hetero) is 1. The van der Waals surface area contributed by atoms with Gasteiger partial charge in [0, 0.05) is 18.2 Å². The van der Waals surface area contributed by atoms with Gasteiger partial charge in [0.2, 0.25) is 10.0 Å². The first kappa shape index (κ1) is 22.6. The van der Waals surface area contributed by atoms with Gasteiger partial charge in [-0.15, -0.1) is 0 Å². The largest absolute Gasteiger partial charge is 0.493 e. The van der Waals surface area contributed by atoms with E-state index in [1.54, 1.807) is 30.3 Å². The Morgan fingerprint density at radius 2 is 1.72 bits per heavy atom. The monoisotopic (exact) mass is 419 g/mol. The molecule has 0 unspecified atom stereocenters. The number of ether oxygens (including phenoxy) is 2. The maximum Gasteiger partial charge on any atom is 0.321 e. The van der Waals surface area contributed by atoms with Crippen LogP contribution in [0.15, 0.2) is 47.4 Å². The van der Waals surface area contributed by atoms with Gasteiger partial charge in [0.25, 0.3) is 0 Å². The van der Waals surface area contributed by atoms with Crippen molar-refractivity contribution in [2.75, 3.05) is 20.2 Å². The highest BCUT2D eigenvalue weighted by atomic mass is 32.2. The van der Waals surface area contributed by atoms with E-state index in [-0.39, 0.29) is 17.3 Å². The van der Waals surface area contributed by atoms with Crippen molar-refractivity contribution < 1.29 is 27.5 Å². The second kappa shape index (κ2) is 9.67. The van der Waals surface area contributed by atoms with Crippen LogP contribution in [0.1, 0.15) is 35.3 Å². The highest BCUT2D eigenvalue weighted by Gasteiger charge is 2.23. The molecule has 29 heavy (non-hydrogen) atoms. The lowest BCUT2D eigenvalue weighted by Crippen LogP contribution is -2.33. The van der Waals surface area contributed by atoms with E-state index in [0.717, 1.165) is 9.87 Å². The Balaban J connectivity index is 2.06. The van der Waals surface area contributed by atoms with Crippen molar-refractivity contribution in [3.05, 3.63) is 59.2 Å². The number of esters is 1. The first-order valence-electron chi connectivity index (χ1n) is 9.10. The zero-order valence-corrected chi connectivity index (χ0v) is 17.8. The van der Waals surface area contributed by atoms with Gasteiger partial charge in [0.1, 0.15) is 18.9 Å². The van der Waals surface area contributed by atoms with E-state index >= 15 is 0 Å². The Labute approximate surface area is 171 Å². The molecule has 0 spiro atoms. The van der Waals surface area contributed by atoms with Gasteiger partial charge in [-0.2, -0.15) is 4.31 Å². The topological polar surface area (TPSA) is 90.0 Å². The molecule has 0 aliphatic rings. The number of sulfonamides is 1. The SMILES string of the molecule is CCOc1ccc(C(C)=O)cc1COC(=O)CN(C)S(=O)(=O)c1ccc(C)cc1. The van der Waals surface area contributed by atoms with Crippen molar-refractivity contribution in [3.63, 3.8) is 0 Å². The Hall–Kier alpha value is -2.71. The highest BCUT2D eigenvalue weighted by Crippen LogP contribution is 2.22. The van der Waals surface area contributed by atoms with Crippen LogP contribution < -0.4 is 4.74 Å². The first-order chi connectivity index (χ1) is 13.6. The van der Waals surface area contributed by atoms with E-state index in [0.29, 0.717) is 23.5 Å². The normalized spacial score (nSPS) is 11.3. The predicted molar refractivity (Wildman–Crippen MR) is 108 cm³/mol. The second-order valence-electron chi connectivity index (χ2n) is 6.55. The van der Waals surface area contributed by atoms with Crippen LogP contribution in [0.3, 0.4) is 0 Å². The summed E-state index contributed by atoms with van der Waals surface area (Å²) >= 11 is 0. The quantitative estimate of drug-likeness (QED) is 0.459. The van der Waals surface area contributed by atoms with Gasteiger partial charge in [-0.25, -0.2) is 8.42 Å². The number of aryl methyl sites for hydroxylation is 1. The zero-order valence-electron chi connectivity index (χ0n) is 17.0. The molecule has 0 aliphatic carbocycles. The fourth-order valence-corrected chi connectivity index (χ4v) is 3.68. The smallest absolute Gasteiger partial charge is 0.321 e. The molecule has 2 rings (SSSR count). The minimum atomic E-state index is -3.81. The van der Waals surface area contributed by atoms with Gasteiger partial charge < -0.3 is 9.47 Å². The van der Waals surface area contributed by atoms with Crippen LogP contribution in [0, 0.1) is 6.92 Å². The molecule has 0 aromatic heterocycles. The second-order valence-corrected chi connectivity index (χ2v) is 8.59. The van der Waals surface area contributed by atoms with Crippen LogP contribution in [-0.4, -0.2) is 44.7 Å². The molecule has 0 amide bonds. The van der Waals surface area contributed by atoms with Crippen molar-refractivity contribution in [2.45, 2.75) is 32.3 Å². The van der Waals surface area contributed by atoms with Crippen molar-refractivity contribution in [3.8, 4) is 5.75 Å². The molecule has 2 aromatic rings. The molecule has 8 heteroatoms. The van der Waals surface area contributed by atoms with Gasteiger partial charge in [0.05, 0.1) is 11.5 Å². The van der Waals surface area contributed by atoms with Gasteiger partial charge in [-0.1, -0.05) is 17.7 Å². The number of hydrogen-bond acceptors (Lipinski definition) is 6. The summed E-state index contributed by atoms with van der Waals surface area (Å²) in [6, 6.07) is 11.3. The molecule has 0 heterocycles. The van der Waals surface area contributed by atoms with Crippen molar-refractivity contribution in [1.82, 2.24) is 4.31 Å². The lowest BCUT2D eigenvalue weighted by atomic mass is 10.1. The lowest BCUT2D eigenvalue weighted by molar-refractivity contribution is -0.144. The summed E-state index contributed by atoms with van der Waals surface area (Å²) < 4.78 is 36.8. The molecule has 156 valence electrons. The van der Waals surface area contributed by atoms with Crippen LogP contribution in [0.4, 0.5) is 0 Å². The Kier molecular flexibility index (Phi) is 7.53.